The SMILES string of the molecule is O=C(CS(=O)(=O)Cc1ccc(Cl)cc1Cl)N1CCCCC1. The van der Waals surface area contributed by atoms with Crippen molar-refractivity contribution >= 4 is 38.9 Å². The molecule has 1 aliphatic heterocycles. The molecule has 1 heterocycles. The Morgan fingerprint density at radius 3 is 2.43 bits per heavy atom. The largest absolute Gasteiger partial charge is 0.342 e. The summed E-state index contributed by atoms with van der Waals surface area (Å²) in [5.74, 6) is -1.03. The van der Waals surface area contributed by atoms with E-state index in [1.165, 1.54) is 6.07 Å². The molecule has 1 amide bonds. The quantitative estimate of drug-likeness (QED) is 0.839. The molecule has 0 saturated carbocycles. The van der Waals surface area contributed by atoms with Gasteiger partial charge in [-0.15, -0.1) is 0 Å². The first-order valence-electron chi connectivity index (χ1n) is 6.79. The highest BCUT2D eigenvalue weighted by Gasteiger charge is 2.24. The topological polar surface area (TPSA) is 54.5 Å². The Balaban J connectivity index is 2.02. The van der Waals surface area contributed by atoms with Crippen molar-refractivity contribution in [2.75, 3.05) is 18.8 Å². The van der Waals surface area contributed by atoms with Crippen molar-refractivity contribution in [2.45, 2.75) is 25.0 Å². The van der Waals surface area contributed by atoms with E-state index >= 15 is 0 Å². The average Bonchev–Trinajstić information content (AvgIpc) is 2.42. The van der Waals surface area contributed by atoms with Crippen molar-refractivity contribution < 1.29 is 13.2 Å². The molecule has 1 aliphatic rings. The maximum absolute atomic E-state index is 12.2. The van der Waals surface area contributed by atoms with Crippen LogP contribution in [0.1, 0.15) is 24.8 Å². The van der Waals surface area contributed by atoms with E-state index in [0.29, 0.717) is 28.7 Å². The molecule has 4 nitrogen and oxygen atoms in total. The smallest absolute Gasteiger partial charge is 0.237 e. The van der Waals surface area contributed by atoms with Gasteiger partial charge < -0.3 is 4.90 Å². The van der Waals surface area contributed by atoms with Crippen LogP contribution in [0.25, 0.3) is 0 Å². The third-order valence-electron chi connectivity index (χ3n) is 3.44. The van der Waals surface area contributed by atoms with E-state index in [0.717, 1.165) is 19.3 Å². The highest BCUT2D eigenvalue weighted by molar-refractivity contribution is 7.91. The van der Waals surface area contributed by atoms with Crippen LogP contribution in [0.4, 0.5) is 0 Å². The van der Waals surface area contributed by atoms with Crippen molar-refractivity contribution in [3.63, 3.8) is 0 Å². The number of hydrogen-bond donors (Lipinski definition) is 0. The number of amides is 1. The molecule has 1 aromatic rings. The first-order valence-corrected chi connectivity index (χ1v) is 9.37. The zero-order valence-corrected chi connectivity index (χ0v) is 13.8. The van der Waals surface area contributed by atoms with E-state index in [4.69, 9.17) is 23.2 Å². The molecule has 0 unspecified atom stereocenters. The van der Waals surface area contributed by atoms with Crippen molar-refractivity contribution in [2.24, 2.45) is 0 Å². The van der Waals surface area contributed by atoms with Crippen molar-refractivity contribution in [1.82, 2.24) is 4.90 Å². The molecule has 0 N–H and O–H groups in total. The summed E-state index contributed by atoms with van der Waals surface area (Å²) in [6.45, 7) is 1.30. The minimum absolute atomic E-state index is 0.247. The standard InChI is InChI=1S/C14H17Cl2NO3S/c15-12-5-4-11(13(16)8-12)9-21(19,20)10-14(18)17-6-2-1-3-7-17/h4-5,8H,1-3,6-7,9-10H2. The van der Waals surface area contributed by atoms with Crippen LogP contribution < -0.4 is 0 Å². The maximum Gasteiger partial charge on any atom is 0.237 e. The van der Waals surface area contributed by atoms with Crippen LogP contribution >= 0.6 is 23.2 Å². The number of carbonyl (C=O) groups is 1. The van der Waals surface area contributed by atoms with Crippen molar-refractivity contribution in [3.8, 4) is 0 Å². The van der Waals surface area contributed by atoms with Gasteiger partial charge in [-0.25, -0.2) is 8.42 Å². The molecular formula is C14H17Cl2NO3S. The molecule has 1 saturated heterocycles. The number of hydrogen-bond acceptors (Lipinski definition) is 3. The number of halogens is 2. The van der Waals surface area contributed by atoms with E-state index in [1.807, 2.05) is 0 Å². The Morgan fingerprint density at radius 2 is 1.81 bits per heavy atom. The molecule has 116 valence electrons. The fourth-order valence-corrected chi connectivity index (χ4v) is 4.29. The Hall–Kier alpha value is -0.780. The zero-order chi connectivity index (χ0) is 15.5. The Labute approximate surface area is 134 Å². The van der Waals surface area contributed by atoms with Gasteiger partial charge in [0.25, 0.3) is 0 Å². The van der Waals surface area contributed by atoms with Crippen molar-refractivity contribution in [1.29, 1.82) is 0 Å². The summed E-state index contributed by atoms with van der Waals surface area (Å²) in [6, 6.07) is 4.67. The lowest BCUT2D eigenvalue weighted by atomic mass is 10.1. The van der Waals surface area contributed by atoms with E-state index in [9.17, 15) is 13.2 Å². The van der Waals surface area contributed by atoms with Crippen LogP contribution in [0.2, 0.25) is 10.0 Å². The second-order valence-electron chi connectivity index (χ2n) is 5.21. The number of benzene rings is 1. The van der Waals surface area contributed by atoms with E-state index in [-0.39, 0.29) is 11.7 Å². The summed E-state index contributed by atoms with van der Waals surface area (Å²) in [4.78, 5) is 13.7. The summed E-state index contributed by atoms with van der Waals surface area (Å²) in [5, 5.41) is 0.752. The summed E-state index contributed by atoms with van der Waals surface area (Å²) in [6.07, 6.45) is 2.97. The van der Waals surface area contributed by atoms with Gasteiger partial charge in [0, 0.05) is 23.1 Å². The molecule has 7 heteroatoms. The first kappa shape index (κ1) is 16.6. The molecule has 0 atom stereocenters. The molecule has 0 spiro atoms. The Bertz CT molecular complexity index is 625. The number of nitrogens with zero attached hydrogens (tertiary/aromatic N) is 1. The summed E-state index contributed by atoms with van der Waals surface area (Å²) in [7, 11) is -3.54. The van der Waals surface area contributed by atoms with Gasteiger partial charge in [0.2, 0.25) is 5.91 Å². The monoisotopic (exact) mass is 349 g/mol. The van der Waals surface area contributed by atoms with E-state index in [1.54, 1.807) is 17.0 Å². The molecule has 1 aromatic carbocycles. The fourth-order valence-electron chi connectivity index (χ4n) is 2.35. The van der Waals surface area contributed by atoms with Crippen LogP contribution in [0.3, 0.4) is 0 Å². The number of likely N-dealkylation sites (tertiary alicyclic amines) is 1. The summed E-state index contributed by atoms with van der Waals surface area (Å²) >= 11 is 11.8. The molecule has 0 bridgehead atoms. The van der Waals surface area contributed by atoms with Gasteiger partial charge in [0.05, 0.1) is 5.75 Å². The maximum atomic E-state index is 12.2. The number of sulfone groups is 1. The molecular weight excluding hydrogens is 333 g/mol. The molecule has 0 radical (unpaired) electrons. The molecule has 21 heavy (non-hydrogen) atoms. The van der Waals surface area contributed by atoms with Crippen LogP contribution in [0, 0.1) is 0 Å². The second-order valence-corrected chi connectivity index (χ2v) is 8.12. The number of carbonyl (C=O) groups excluding carboxylic acids is 1. The van der Waals surface area contributed by atoms with Crippen molar-refractivity contribution in [3.05, 3.63) is 33.8 Å². The molecule has 0 aromatic heterocycles. The van der Waals surface area contributed by atoms with Gasteiger partial charge in [-0.05, 0) is 37.0 Å². The lowest BCUT2D eigenvalue weighted by molar-refractivity contribution is -0.129. The van der Waals surface area contributed by atoms with Gasteiger partial charge in [-0.2, -0.15) is 0 Å². The zero-order valence-electron chi connectivity index (χ0n) is 11.5. The predicted molar refractivity (Wildman–Crippen MR) is 84.4 cm³/mol. The minimum Gasteiger partial charge on any atom is -0.342 e. The van der Waals surface area contributed by atoms with Crippen LogP contribution in [0.15, 0.2) is 18.2 Å². The lowest BCUT2D eigenvalue weighted by Gasteiger charge is -2.26. The summed E-state index contributed by atoms with van der Waals surface area (Å²) in [5.41, 5.74) is 0.465. The Morgan fingerprint density at radius 1 is 1.14 bits per heavy atom. The van der Waals surface area contributed by atoms with Crippen LogP contribution in [-0.4, -0.2) is 38.1 Å². The molecule has 2 rings (SSSR count). The number of piperidine rings is 1. The van der Waals surface area contributed by atoms with Gasteiger partial charge >= 0.3 is 0 Å². The van der Waals surface area contributed by atoms with Crippen LogP contribution in [0.5, 0.6) is 0 Å². The Kier molecular flexibility index (Phi) is 5.52. The van der Waals surface area contributed by atoms with Gasteiger partial charge in [0.15, 0.2) is 9.84 Å². The molecule has 0 aliphatic carbocycles. The highest BCUT2D eigenvalue weighted by atomic mass is 35.5. The third kappa shape index (κ3) is 4.87. The lowest BCUT2D eigenvalue weighted by Crippen LogP contribution is -2.39. The van der Waals surface area contributed by atoms with Gasteiger partial charge in [-0.3, -0.25) is 4.79 Å². The number of rotatable bonds is 4. The van der Waals surface area contributed by atoms with Gasteiger partial charge in [-0.1, -0.05) is 29.3 Å². The predicted octanol–water partition coefficient (Wildman–Crippen LogP) is 2.92. The van der Waals surface area contributed by atoms with Crippen LogP contribution in [-0.2, 0) is 20.4 Å². The summed E-state index contributed by atoms with van der Waals surface area (Å²) < 4.78 is 24.3. The minimum atomic E-state index is -3.54. The normalized spacial score (nSPS) is 16.0. The average molecular weight is 350 g/mol. The second kappa shape index (κ2) is 6.99. The van der Waals surface area contributed by atoms with E-state index in [2.05, 4.69) is 0 Å². The fraction of sp³-hybridized carbons (Fsp3) is 0.500. The first-order chi connectivity index (χ1) is 9.87. The third-order valence-corrected chi connectivity index (χ3v) is 5.47. The molecule has 1 fully saturated rings. The van der Waals surface area contributed by atoms with Gasteiger partial charge in [0.1, 0.15) is 5.75 Å². The van der Waals surface area contributed by atoms with E-state index < -0.39 is 15.6 Å². The highest BCUT2D eigenvalue weighted by Crippen LogP contribution is 2.23.